The molecule has 2 aliphatic rings. The van der Waals surface area contributed by atoms with Crippen molar-refractivity contribution in [1.82, 2.24) is 14.9 Å². The maximum Gasteiger partial charge on any atom is 0.257 e. The van der Waals surface area contributed by atoms with Crippen molar-refractivity contribution in [1.29, 1.82) is 5.26 Å². The summed E-state index contributed by atoms with van der Waals surface area (Å²) in [7, 11) is 0. The minimum absolute atomic E-state index is 0.0188. The van der Waals surface area contributed by atoms with Gasteiger partial charge in [-0.2, -0.15) is 5.26 Å². The van der Waals surface area contributed by atoms with Gasteiger partial charge in [-0.25, -0.2) is 18.7 Å². The zero-order valence-electron chi connectivity index (χ0n) is 17.0. The number of benzene rings is 1. The largest absolute Gasteiger partial charge is 0.381 e. The summed E-state index contributed by atoms with van der Waals surface area (Å²) >= 11 is 0. The van der Waals surface area contributed by atoms with Gasteiger partial charge in [-0.05, 0) is 24.1 Å². The number of carbonyl (C=O) groups is 1. The molecule has 0 aliphatic carbocycles. The molecule has 0 radical (unpaired) electrons. The van der Waals surface area contributed by atoms with E-state index in [-0.39, 0.29) is 41.9 Å². The molecule has 0 saturated carbocycles. The highest BCUT2D eigenvalue weighted by Gasteiger charge is 2.43. The summed E-state index contributed by atoms with van der Waals surface area (Å²) < 4.78 is 35.9. The quantitative estimate of drug-likeness (QED) is 0.786. The summed E-state index contributed by atoms with van der Waals surface area (Å²) in [4.78, 5) is 22.0. The Hall–Kier alpha value is -2.96. The molecule has 1 aromatic heterocycles. The number of fused-ring (bicyclic) bond motifs is 1. The number of amides is 1. The van der Waals surface area contributed by atoms with Crippen molar-refractivity contribution in [2.75, 3.05) is 13.2 Å². The maximum absolute atomic E-state index is 15.6. The van der Waals surface area contributed by atoms with Crippen LogP contribution in [0.15, 0.2) is 24.5 Å². The van der Waals surface area contributed by atoms with E-state index in [4.69, 9.17) is 10.00 Å². The molecule has 31 heavy (non-hydrogen) atoms. The van der Waals surface area contributed by atoms with Crippen LogP contribution in [0.3, 0.4) is 0 Å². The summed E-state index contributed by atoms with van der Waals surface area (Å²) in [5, 5.41) is 19.4. The molecule has 1 fully saturated rings. The van der Waals surface area contributed by atoms with E-state index in [2.05, 4.69) is 9.97 Å². The first-order chi connectivity index (χ1) is 14.9. The SMILES string of the molecule is CC[C@H](c1cc(F)c2c(c1)C(=O)N(Cc1ncc(C#N)cn1)[C@@H]2O)C1(F)CCOCC1. The number of hydrogen-bond donors (Lipinski definition) is 1. The second kappa shape index (κ2) is 8.29. The van der Waals surface area contributed by atoms with Crippen molar-refractivity contribution in [3.63, 3.8) is 0 Å². The summed E-state index contributed by atoms with van der Waals surface area (Å²) in [5.41, 5.74) is -0.985. The average molecular weight is 428 g/mol. The van der Waals surface area contributed by atoms with Crippen molar-refractivity contribution in [2.45, 2.75) is 50.5 Å². The van der Waals surface area contributed by atoms with Crippen molar-refractivity contribution >= 4 is 5.91 Å². The van der Waals surface area contributed by atoms with Gasteiger partial charge in [0.25, 0.3) is 5.91 Å². The van der Waals surface area contributed by atoms with Gasteiger partial charge >= 0.3 is 0 Å². The smallest absolute Gasteiger partial charge is 0.257 e. The summed E-state index contributed by atoms with van der Waals surface area (Å²) in [6.07, 6.45) is 1.97. The van der Waals surface area contributed by atoms with Crippen LogP contribution in [0.1, 0.15) is 71.2 Å². The number of nitrogens with zero attached hydrogens (tertiary/aromatic N) is 4. The van der Waals surface area contributed by atoms with Crippen LogP contribution in [0.2, 0.25) is 0 Å². The predicted octanol–water partition coefficient (Wildman–Crippen LogP) is 3.15. The first-order valence-electron chi connectivity index (χ1n) is 10.2. The minimum atomic E-state index is -1.54. The van der Waals surface area contributed by atoms with Crippen LogP contribution >= 0.6 is 0 Å². The molecule has 2 aliphatic heterocycles. The van der Waals surface area contributed by atoms with Crippen LogP contribution in [0.5, 0.6) is 0 Å². The highest BCUT2D eigenvalue weighted by molar-refractivity contribution is 5.99. The monoisotopic (exact) mass is 428 g/mol. The van der Waals surface area contributed by atoms with E-state index in [1.54, 1.807) is 0 Å². The lowest BCUT2D eigenvalue weighted by molar-refractivity contribution is -0.0250. The van der Waals surface area contributed by atoms with E-state index < -0.39 is 29.5 Å². The molecule has 2 aromatic rings. The lowest BCUT2D eigenvalue weighted by atomic mass is 9.76. The van der Waals surface area contributed by atoms with Gasteiger partial charge in [0.15, 0.2) is 6.23 Å². The summed E-state index contributed by atoms with van der Waals surface area (Å²) in [6, 6.07) is 4.62. The highest BCUT2D eigenvalue weighted by atomic mass is 19.1. The molecule has 1 aromatic carbocycles. The molecular formula is C22H22F2N4O3. The van der Waals surface area contributed by atoms with Crippen LogP contribution < -0.4 is 0 Å². The van der Waals surface area contributed by atoms with Crippen molar-refractivity contribution in [3.05, 3.63) is 58.4 Å². The van der Waals surface area contributed by atoms with Crippen molar-refractivity contribution < 1.29 is 23.4 Å². The number of aromatic nitrogens is 2. The Kier molecular flexibility index (Phi) is 5.69. The maximum atomic E-state index is 15.6. The van der Waals surface area contributed by atoms with Gasteiger partial charge in [-0.3, -0.25) is 4.79 Å². The van der Waals surface area contributed by atoms with E-state index in [9.17, 15) is 9.90 Å². The Morgan fingerprint density at radius 3 is 2.65 bits per heavy atom. The number of aliphatic hydroxyl groups excluding tert-OH is 1. The fraction of sp³-hybridized carbons (Fsp3) is 0.455. The van der Waals surface area contributed by atoms with E-state index >= 15 is 8.78 Å². The zero-order chi connectivity index (χ0) is 22.2. The van der Waals surface area contributed by atoms with Crippen LogP contribution in [0.25, 0.3) is 0 Å². The Balaban J connectivity index is 1.65. The third kappa shape index (κ3) is 3.77. The molecule has 162 valence electrons. The lowest BCUT2D eigenvalue weighted by Crippen LogP contribution is -2.37. The standard InChI is InChI=1S/C22H22F2N4O3/c1-2-16(22(24)3-5-31-6-4-22)14-7-15-19(17(23)8-14)21(30)28(20(15)29)12-18-26-10-13(9-25)11-27-18/h7-8,10-11,16,21,30H,2-6,12H2,1H3/t16-,21-/m1/s1. The first-order valence-corrected chi connectivity index (χ1v) is 10.2. The van der Waals surface area contributed by atoms with E-state index in [0.717, 1.165) is 4.90 Å². The van der Waals surface area contributed by atoms with E-state index in [1.807, 2.05) is 13.0 Å². The van der Waals surface area contributed by atoms with Crippen molar-refractivity contribution in [3.8, 4) is 6.07 Å². The molecule has 0 unspecified atom stereocenters. The second-order valence-corrected chi connectivity index (χ2v) is 7.88. The molecular weight excluding hydrogens is 406 g/mol. The molecule has 1 N–H and O–H groups in total. The lowest BCUT2D eigenvalue weighted by Gasteiger charge is -2.36. The third-order valence-electron chi connectivity index (χ3n) is 6.10. The van der Waals surface area contributed by atoms with E-state index in [0.29, 0.717) is 25.2 Å². The Morgan fingerprint density at radius 1 is 1.35 bits per heavy atom. The number of aliphatic hydroxyl groups is 1. The average Bonchev–Trinajstić information content (AvgIpc) is 3.00. The van der Waals surface area contributed by atoms with Crippen LogP contribution in [-0.2, 0) is 11.3 Å². The Bertz CT molecular complexity index is 1030. The predicted molar refractivity (Wildman–Crippen MR) is 105 cm³/mol. The molecule has 2 atom stereocenters. The summed E-state index contributed by atoms with van der Waals surface area (Å²) in [6.45, 7) is 2.28. The number of alkyl halides is 1. The fourth-order valence-electron chi connectivity index (χ4n) is 4.47. The molecule has 1 saturated heterocycles. The van der Waals surface area contributed by atoms with Crippen molar-refractivity contribution in [2.24, 2.45) is 0 Å². The fourth-order valence-corrected chi connectivity index (χ4v) is 4.47. The number of halogens is 2. The van der Waals surface area contributed by atoms with Gasteiger partial charge in [0.05, 0.1) is 17.7 Å². The number of ether oxygens (including phenoxy) is 1. The van der Waals surface area contributed by atoms with Gasteiger partial charge in [0.1, 0.15) is 23.4 Å². The van der Waals surface area contributed by atoms with Gasteiger partial charge in [0, 0.05) is 49.9 Å². The highest BCUT2D eigenvalue weighted by Crippen LogP contribution is 2.44. The number of carbonyl (C=O) groups excluding carboxylic acids is 1. The van der Waals surface area contributed by atoms with Gasteiger partial charge in [-0.1, -0.05) is 6.92 Å². The second-order valence-electron chi connectivity index (χ2n) is 7.88. The molecule has 3 heterocycles. The number of nitriles is 1. The zero-order valence-corrected chi connectivity index (χ0v) is 17.0. The molecule has 9 heteroatoms. The van der Waals surface area contributed by atoms with E-state index in [1.165, 1.54) is 24.5 Å². The Labute approximate surface area is 178 Å². The topological polar surface area (TPSA) is 99.3 Å². The van der Waals surface area contributed by atoms with Crippen LogP contribution in [-0.4, -0.2) is 44.8 Å². The number of rotatable bonds is 5. The normalized spacial score (nSPS) is 20.9. The molecule has 4 rings (SSSR count). The molecule has 0 spiro atoms. The third-order valence-corrected chi connectivity index (χ3v) is 6.10. The van der Waals surface area contributed by atoms with Gasteiger partial charge < -0.3 is 14.7 Å². The first kappa shape index (κ1) is 21.3. The summed E-state index contributed by atoms with van der Waals surface area (Å²) in [5.74, 6) is -1.70. The van der Waals surface area contributed by atoms with Crippen LogP contribution in [0, 0.1) is 17.1 Å². The minimum Gasteiger partial charge on any atom is -0.381 e. The molecule has 7 nitrogen and oxygen atoms in total. The van der Waals surface area contributed by atoms with Crippen LogP contribution in [0.4, 0.5) is 8.78 Å². The van der Waals surface area contributed by atoms with Gasteiger partial charge in [-0.15, -0.1) is 0 Å². The van der Waals surface area contributed by atoms with Gasteiger partial charge in [0.2, 0.25) is 0 Å². The number of hydrogen-bond acceptors (Lipinski definition) is 6. The molecule has 1 amide bonds. The molecule has 0 bridgehead atoms. The Morgan fingerprint density at radius 2 is 2.03 bits per heavy atom.